The first-order valence-corrected chi connectivity index (χ1v) is 7.37. The predicted octanol–water partition coefficient (Wildman–Crippen LogP) is 3.21. The molecule has 0 saturated carbocycles. The molecule has 1 aromatic carbocycles. The van der Waals surface area contributed by atoms with Crippen LogP contribution in [-0.2, 0) is 0 Å². The Morgan fingerprint density at radius 3 is 2.56 bits per heavy atom. The molecule has 0 aromatic heterocycles. The summed E-state index contributed by atoms with van der Waals surface area (Å²) in [5, 5.41) is 3.61. The zero-order chi connectivity index (χ0) is 12.6. The fourth-order valence-electron chi connectivity index (χ4n) is 2.66. The van der Waals surface area contributed by atoms with Crippen LogP contribution < -0.4 is 5.32 Å². The van der Waals surface area contributed by atoms with Gasteiger partial charge in [-0.15, -0.1) is 0 Å². The van der Waals surface area contributed by atoms with Gasteiger partial charge in [0.2, 0.25) is 0 Å². The lowest BCUT2D eigenvalue weighted by molar-refractivity contribution is 0.225. The number of hydrogen-bond acceptors (Lipinski definition) is 2. The SMILES string of the molecule is CC(NCCCN1CCCCC1)c1ccccc1. The molecule has 1 fully saturated rings. The van der Waals surface area contributed by atoms with E-state index in [0.717, 1.165) is 6.54 Å². The van der Waals surface area contributed by atoms with E-state index in [9.17, 15) is 0 Å². The Bertz CT molecular complexity index is 317. The van der Waals surface area contributed by atoms with E-state index < -0.39 is 0 Å². The standard InChI is InChI=1S/C16H26N2/c1-15(16-9-4-2-5-10-16)17-11-8-14-18-12-6-3-7-13-18/h2,4-5,9-10,15,17H,3,6-8,11-14H2,1H3. The number of likely N-dealkylation sites (tertiary alicyclic amines) is 1. The van der Waals surface area contributed by atoms with Crippen LogP contribution in [0.3, 0.4) is 0 Å². The van der Waals surface area contributed by atoms with Crippen LogP contribution in [0.2, 0.25) is 0 Å². The first kappa shape index (κ1) is 13.6. The number of nitrogens with one attached hydrogen (secondary N) is 1. The Kier molecular flexibility index (Phi) is 5.69. The Morgan fingerprint density at radius 1 is 1.11 bits per heavy atom. The molecule has 2 rings (SSSR count). The molecular weight excluding hydrogens is 220 g/mol. The van der Waals surface area contributed by atoms with Crippen molar-refractivity contribution in [2.24, 2.45) is 0 Å². The lowest BCUT2D eigenvalue weighted by atomic mass is 10.1. The normalized spacial score (nSPS) is 18.7. The highest BCUT2D eigenvalue weighted by Gasteiger charge is 2.09. The van der Waals surface area contributed by atoms with Crippen molar-refractivity contribution in [3.05, 3.63) is 35.9 Å². The molecule has 2 nitrogen and oxygen atoms in total. The Morgan fingerprint density at radius 2 is 1.83 bits per heavy atom. The summed E-state index contributed by atoms with van der Waals surface area (Å²) in [5.41, 5.74) is 1.38. The Balaban J connectivity index is 1.60. The third kappa shape index (κ3) is 4.43. The second-order valence-electron chi connectivity index (χ2n) is 5.34. The van der Waals surface area contributed by atoms with E-state index in [1.54, 1.807) is 0 Å². The smallest absolute Gasteiger partial charge is 0.0291 e. The molecule has 0 aliphatic carbocycles. The minimum absolute atomic E-state index is 0.465. The number of nitrogens with zero attached hydrogens (tertiary/aromatic N) is 1. The van der Waals surface area contributed by atoms with Gasteiger partial charge in [0.1, 0.15) is 0 Å². The minimum Gasteiger partial charge on any atom is -0.310 e. The molecule has 1 aliphatic heterocycles. The summed E-state index contributed by atoms with van der Waals surface area (Å²) in [6.07, 6.45) is 5.48. The van der Waals surface area contributed by atoms with Crippen molar-refractivity contribution in [3.8, 4) is 0 Å². The average molecular weight is 246 g/mol. The molecule has 2 heteroatoms. The molecule has 1 atom stereocenters. The van der Waals surface area contributed by atoms with Crippen LogP contribution in [0.15, 0.2) is 30.3 Å². The van der Waals surface area contributed by atoms with Gasteiger partial charge < -0.3 is 10.2 Å². The summed E-state index contributed by atoms with van der Waals surface area (Å²) < 4.78 is 0. The van der Waals surface area contributed by atoms with E-state index >= 15 is 0 Å². The number of rotatable bonds is 6. The lowest BCUT2D eigenvalue weighted by Crippen LogP contribution is -2.32. The van der Waals surface area contributed by atoms with Crippen molar-refractivity contribution in [1.29, 1.82) is 0 Å². The molecule has 1 saturated heterocycles. The average Bonchev–Trinajstić information content (AvgIpc) is 2.45. The first-order chi connectivity index (χ1) is 8.86. The van der Waals surface area contributed by atoms with Crippen LogP contribution >= 0.6 is 0 Å². The van der Waals surface area contributed by atoms with Crippen molar-refractivity contribution in [2.75, 3.05) is 26.2 Å². The van der Waals surface area contributed by atoms with Gasteiger partial charge in [0, 0.05) is 6.04 Å². The summed E-state index contributed by atoms with van der Waals surface area (Å²) in [4.78, 5) is 2.61. The van der Waals surface area contributed by atoms with E-state index in [1.165, 1.54) is 50.9 Å². The van der Waals surface area contributed by atoms with Crippen molar-refractivity contribution in [3.63, 3.8) is 0 Å². The molecule has 1 unspecified atom stereocenters. The zero-order valence-corrected chi connectivity index (χ0v) is 11.6. The number of hydrogen-bond donors (Lipinski definition) is 1. The fraction of sp³-hybridized carbons (Fsp3) is 0.625. The molecule has 18 heavy (non-hydrogen) atoms. The van der Waals surface area contributed by atoms with Crippen molar-refractivity contribution < 1.29 is 0 Å². The van der Waals surface area contributed by atoms with Gasteiger partial charge >= 0.3 is 0 Å². The van der Waals surface area contributed by atoms with Gasteiger partial charge in [0.05, 0.1) is 0 Å². The maximum absolute atomic E-state index is 3.61. The summed E-state index contributed by atoms with van der Waals surface area (Å²) in [5.74, 6) is 0. The van der Waals surface area contributed by atoms with E-state index in [0.29, 0.717) is 6.04 Å². The molecule has 1 N–H and O–H groups in total. The molecule has 1 heterocycles. The highest BCUT2D eigenvalue weighted by atomic mass is 15.1. The largest absolute Gasteiger partial charge is 0.310 e. The van der Waals surface area contributed by atoms with Crippen LogP contribution in [0.5, 0.6) is 0 Å². The van der Waals surface area contributed by atoms with Gasteiger partial charge in [-0.3, -0.25) is 0 Å². The van der Waals surface area contributed by atoms with Gasteiger partial charge in [0.25, 0.3) is 0 Å². The summed E-state index contributed by atoms with van der Waals surface area (Å²) >= 11 is 0. The highest BCUT2D eigenvalue weighted by molar-refractivity contribution is 5.17. The third-order valence-electron chi connectivity index (χ3n) is 3.85. The topological polar surface area (TPSA) is 15.3 Å². The minimum atomic E-state index is 0.465. The van der Waals surface area contributed by atoms with Crippen LogP contribution in [0.4, 0.5) is 0 Å². The van der Waals surface area contributed by atoms with Crippen LogP contribution in [0.1, 0.15) is 44.2 Å². The van der Waals surface area contributed by atoms with Crippen molar-refractivity contribution >= 4 is 0 Å². The summed E-state index contributed by atoms with van der Waals surface area (Å²) in [6.45, 7) is 7.25. The van der Waals surface area contributed by atoms with Gasteiger partial charge in [-0.05, 0) is 57.9 Å². The van der Waals surface area contributed by atoms with Crippen LogP contribution in [0.25, 0.3) is 0 Å². The van der Waals surface area contributed by atoms with E-state index in [-0.39, 0.29) is 0 Å². The molecule has 0 spiro atoms. The quantitative estimate of drug-likeness (QED) is 0.775. The van der Waals surface area contributed by atoms with E-state index in [1.807, 2.05) is 0 Å². The third-order valence-corrected chi connectivity index (χ3v) is 3.85. The summed E-state index contributed by atoms with van der Waals surface area (Å²) in [7, 11) is 0. The molecule has 1 aromatic rings. The molecular formula is C16H26N2. The Labute approximate surface area is 111 Å². The molecule has 0 bridgehead atoms. The zero-order valence-electron chi connectivity index (χ0n) is 11.6. The maximum Gasteiger partial charge on any atom is 0.0291 e. The van der Waals surface area contributed by atoms with Gasteiger partial charge in [0.15, 0.2) is 0 Å². The molecule has 0 amide bonds. The van der Waals surface area contributed by atoms with Crippen molar-refractivity contribution in [1.82, 2.24) is 10.2 Å². The molecule has 1 aliphatic rings. The highest BCUT2D eigenvalue weighted by Crippen LogP contribution is 2.11. The van der Waals surface area contributed by atoms with Gasteiger partial charge in [-0.2, -0.15) is 0 Å². The Hall–Kier alpha value is -0.860. The molecule has 100 valence electrons. The lowest BCUT2D eigenvalue weighted by Gasteiger charge is -2.26. The van der Waals surface area contributed by atoms with Crippen LogP contribution in [0, 0.1) is 0 Å². The van der Waals surface area contributed by atoms with Gasteiger partial charge in [-0.1, -0.05) is 36.8 Å². The first-order valence-electron chi connectivity index (χ1n) is 7.37. The fourth-order valence-corrected chi connectivity index (χ4v) is 2.66. The van der Waals surface area contributed by atoms with Crippen molar-refractivity contribution in [2.45, 2.75) is 38.6 Å². The number of piperidine rings is 1. The second-order valence-corrected chi connectivity index (χ2v) is 5.34. The van der Waals surface area contributed by atoms with Gasteiger partial charge in [-0.25, -0.2) is 0 Å². The van der Waals surface area contributed by atoms with E-state index in [2.05, 4.69) is 47.5 Å². The van der Waals surface area contributed by atoms with E-state index in [4.69, 9.17) is 0 Å². The second kappa shape index (κ2) is 7.55. The number of benzene rings is 1. The monoisotopic (exact) mass is 246 g/mol. The maximum atomic E-state index is 3.61. The molecule has 0 radical (unpaired) electrons. The summed E-state index contributed by atoms with van der Waals surface area (Å²) in [6, 6.07) is 11.2. The van der Waals surface area contributed by atoms with Crippen LogP contribution in [-0.4, -0.2) is 31.1 Å². The predicted molar refractivity (Wildman–Crippen MR) is 77.8 cm³/mol.